The monoisotopic (exact) mass is 293 g/mol. The minimum atomic E-state index is -0.839. The van der Waals surface area contributed by atoms with Crippen molar-refractivity contribution in [1.29, 1.82) is 0 Å². The van der Waals surface area contributed by atoms with Crippen molar-refractivity contribution >= 4 is 29.2 Å². The maximum Gasteiger partial charge on any atom is 0.307 e. The van der Waals surface area contributed by atoms with Gasteiger partial charge in [0.2, 0.25) is 5.91 Å². The third-order valence-electron chi connectivity index (χ3n) is 4.62. The zero-order valence-corrected chi connectivity index (χ0v) is 11.6. The molecule has 5 heteroatoms. The van der Waals surface area contributed by atoms with Gasteiger partial charge in [0.1, 0.15) is 0 Å². The van der Waals surface area contributed by atoms with E-state index >= 15 is 0 Å². The standard InChI is InChI=1S/C15H16ClNO3/c16-10-3-5-11(6-4-10)17-14(18)12-8-1-2-9(7-8)13(12)15(19)20/h3-6,8-9,12-13H,1-2,7H2,(H,17,18)(H,19,20)/t8-,9-,12-,13-/m0/s1. The minimum Gasteiger partial charge on any atom is -0.481 e. The number of aliphatic carboxylic acids is 1. The molecule has 4 nitrogen and oxygen atoms in total. The number of carbonyl (C=O) groups excluding carboxylic acids is 1. The Balaban J connectivity index is 1.76. The van der Waals surface area contributed by atoms with Gasteiger partial charge in [-0.15, -0.1) is 0 Å². The zero-order chi connectivity index (χ0) is 14.3. The lowest BCUT2D eigenvalue weighted by Gasteiger charge is -2.27. The van der Waals surface area contributed by atoms with E-state index in [4.69, 9.17) is 11.6 Å². The van der Waals surface area contributed by atoms with E-state index in [0.29, 0.717) is 10.7 Å². The molecule has 2 bridgehead atoms. The van der Waals surface area contributed by atoms with Gasteiger partial charge < -0.3 is 10.4 Å². The number of anilines is 1. The van der Waals surface area contributed by atoms with Crippen LogP contribution in [0.15, 0.2) is 24.3 Å². The predicted molar refractivity (Wildman–Crippen MR) is 75.5 cm³/mol. The highest BCUT2D eigenvalue weighted by Crippen LogP contribution is 2.52. The molecule has 20 heavy (non-hydrogen) atoms. The molecule has 106 valence electrons. The number of nitrogens with one attached hydrogen (secondary N) is 1. The second-order valence-electron chi connectivity index (χ2n) is 5.72. The van der Waals surface area contributed by atoms with E-state index in [1.165, 1.54) is 0 Å². The maximum absolute atomic E-state index is 12.4. The Hall–Kier alpha value is -1.55. The lowest BCUT2D eigenvalue weighted by molar-refractivity contribution is -0.148. The Labute approximate surface area is 122 Å². The van der Waals surface area contributed by atoms with Crippen LogP contribution in [0.2, 0.25) is 5.02 Å². The van der Waals surface area contributed by atoms with E-state index in [-0.39, 0.29) is 17.7 Å². The normalized spacial score (nSPS) is 31.2. The highest BCUT2D eigenvalue weighted by atomic mass is 35.5. The highest BCUT2D eigenvalue weighted by Gasteiger charge is 2.53. The molecule has 1 aromatic carbocycles. The summed E-state index contributed by atoms with van der Waals surface area (Å²) in [6.07, 6.45) is 2.77. The van der Waals surface area contributed by atoms with Crippen molar-refractivity contribution in [3.05, 3.63) is 29.3 Å². The molecule has 0 radical (unpaired) electrons. The molecule has 1 aromatic rings. The van der Waals surface area contributed by atoms with Gasteiger partial charge in [0.15, 0.2) is 0 Å². The molecule has 1 amide bonds. The molecule has 2 saturated carbocycles. The van der Waals surface area contributed by atoms with Gasteiger partial charge in [-0.05, 0) is 55.4 Å². The molecule has 2 N–H and O–H groups in total. The molecule has 2 fully saturated rings. The first-order chi connectivity index (χ1) is 9.56. The van der Waals surface area contributed by atoms with Crippen LogP contribution in [0.1, 0.15) is 19.3 Å². The van der Waals surface area contributed by atoms with Crippen LogP contribution in [0.5, 0.6) is 0 Å². The first kappa shape index (κ1) is 13.4. The van der Waals surface area contributed by atoms with Crippen LogP contribution >= 0.6 is 11.6 Å². The SMILES string of the molecule is O=C(O)[C@H]1[C@H]2CC[C@@H](C2)[C@@H]1C(=O)Nc1ccc(Cl)cc1. The Morgan fingerprint density at radius 3 is 2.30 bits per heavy atom. The number of benzene rings is 1. The average Bonchev–Trinajstić information content (AvgIpc) is 3.01. The zero-order valence-electron chi connectivity index (χ0n) is 10.9. The summed E-state index contributed by atoms with van der Waals surface area (Å²) in [6, 6.07) is 6.85. The van der Waals surface area contributed by atoms with Gasteiger partial charge in [-0.3, -0.25) is 9.59 Å². The molecule has 0 saturated heterocycles. The predicted octanol–water partition coefficient (Wildman–Crippen LogP) is 3.03. The number of halogens is 1. The molecule has 0 unspecified atom stereocenters. The van der Waals surface area contributed by atoms with Crippen LogP contribution in [0.3, 0.4) is 0 Å². The van der Waals surface area contributed by atoms with E-state index < -0.39 is 17.8 Å². The third-order valence-corrected chi connectivity index (χ3v) is 4.87. The first-order valence-electron chi connectivity index (χ1n) is 6.85. The largest absolute Gasteiger partial charge is 0.481 e. The summed E-state index contributed by atoms with van der Waals surface area (Å²) in [5.74, 6) is -1.56. The maximum atomic E-state index is 12.4. The van der Waals surface area contributed by atoms with E-state index in [0.717, 1.165) is 19.3 Å². The third kappa shape index (κ3) is 2.29. The molecule has 3 rings (SSSR count). The molecule has 0 spiro atoms. The molecule has 4 atom stereocenters. The van der Waals surface area contributed by atoms with Crippen LogP contribution in [0.4, 0.5) is 5.69 Å². The Morgan fingerprint density at radius 1 is 1.10 bits per heavy atom. The fraction of sp³-hybridized carbons (Fsp3) is 0.467. The fourth-order valence-electron chi connectivity index (χ4n) is 3.78. The Morgan fingerprint density at radius 2 is 1.70 bits per heavy atom. The van der Waals surface area contributed by atoms with Crippen LogP contribution in [0.25, 0.3) is 0 Å². The molecule has 0 heterocycles. The van der Waals surface area contributed by atoms with Gasteiger partial charge in [0.25, 0.3) is 0 Å². The van der Waals surface area contributed by atoms with Gasteiger partial charge >= 0.3 is 5.97 Å². The van der Waals surface area contributed by atoms with Gasteiger partial charge in [-0.1, -0.05) is 11.6 Å². The van der Waals surface area contributed by atoms with Crippen LogP contribution in [-0.2, 0) is 9.59 Å². The molecule has 2 aliphatic carbocycles. The molecular weight excluding hydrogens is 278 g/mol. The highest BCUT2D eigenvalue weighted by molar-refractivity contribution is 6.30. The number of hydrogen-bond donors (Lipinski definition) is 2. The van der Waals surface area contributed by atoms with Crippen LogP contribution in [0, 0.1) is 23.7 Å². The van der Waals surface area contributed by atoms with Crippen LogP contribution in [-0.4, -0.2) is 17.0 Å². The first-order valence-corrected chi connectivity index (χ1v) is 7.23. The molecular formula is C15H16ClNO3. The van der Waals surface area contributed by atoms with Gasteiger partial charge in [0, 0.05) is 10.7 Å². The molecule has 2 aliphatic rings. The van der Waals surface area contributed by atoms with Crippen molar-refractivity contribution in [2.24, 2.45) is 23.7 Å². The van der Waals surface area contributed by atoms with Crippen molar-refractivity contribution in [2.45, 2.75) is 19.3 Å². The smallest absolute Gasteiger partial charge is 0.307 e. The summed E-state index contributed by atoms with van der Waals surface area (Å²) in [4.78, 5) is 23.8. The number of carboxylic acids is 1. The van der Waals surface area contributed by atoms with Crippen molar-refractivity contribution in [2.75, 3.05) is 5.32 Å². The van der Waals surface area contributed by atoms with E-state index in [1.807, 2.05) is 0 Å². The second-order valence-corrected chi connectivity index (χ2v) is 6.16. The van der Waals surface area contributed by atoms with Gasteiger partial charge in [0.05, 0.1) is 11.8 Å². The van der Waals surface area contributed by atoms with Crippen molar-refractivity contribution in [3.8, 4) is 0 Å². The lowest BCUT2D eigenvalue weighted by atomic mass is 9.78. The summed E-state index contributed by atoms with van der Waals surface area (Å²) in [5, 5.41) is 12.8. The van der Waals surface area contributed by atoms with E-state index in [2.05, 4.69) is 5.32 Å². The lowest BCUT2D eigenvalue weighted by Crippen LogP contribution is -2.37. The summed E-state index contributed by atoms with van der Waals surface area (Å²) < 4.78 is 0. The quantitative estimate of drug-likeness (QED) is 0.900. The number of hydrogen-bond acceptors (Lipinski definition) is 2. The number of carbonyl (C=O) groups is 2. The van der Waals surface area contributed by atoms with Crippen molar-refractivity contribution in [1.82, 2.24) is 0 Å². The summed E-state index contributed by atoms with van der Waals surface area (Å²) in [6.45, 7) is 0. The summed E-state index contributed by atoms with van der Waals surface area (Å²) in [5.41, 5.74) is 0.659. The second kappa shape index (κ2) is 5.09. The summed E-state index contributed by atoms with van der Waals surface area (Å²) in [7, 11) is 0. The topological polar surface area (TPSA) is 66.4 Å². The number of carboxylic acid groups (broad SMARTS) is 1. The van der Waals surface area contributed by atoms with Crippen LogP contribution < -0.4 is 5.32 Å². The molecule has 0 aliphatic heterocycles. The van der Waals surface area contributed by atoms with Crippen molar-refractivity contribution < 1.29 is 14.7 Å². The minimum absolute atomic E-state index is 0.165. The number of amides is 1. The molecule has 0 aromatic heterocycles. The van der Waals surface area contributed by atoms with Crippen molar-refractivity contribution in [3.63, 3.8) is 0 Å². The average molecular weight is 294 g/mol. The van der Waals surface area contributed by atoms with Gasteiger partial charge in [-0.2, -0.15) is 0 Å². The number of rotatable bonds is 3. The number of fused-ring (bicyclic) bond motifs is 2. The Bertz CT molecular complexity index is 543. The van der Waals surface area contributed by atoms with E-state index in [1.54, 1.807) is 24.3 Å². The van der Waals surface area contributed by atoms with Gasteiger partial charge in [-0.25, -0.2) is 0 Å². The van der Waals surface area contributed by atoms with E-state index in [9.17, 15) is 14.7 Å². The summed E-state index contributed by atoms with van der Waals surface area (Å²) >= 11 is 5.80. The fourth-order valence-corrected chi connectivity index (χ4v) is 3.91. The Kier molecular flexibility index (Phi) is 3.42.